The molecule has 0 saturated heterocycles. The van der Waals surface area contributed by atoms with Crippen molar-refractivity contribution in [1.82, 2.24) is 14.5 Å². The molecule has 0 bridgehead atoms. The summed E-state index contributed by atoms with van der Waals surface area (Å²) in [6.45, 7) is 5.43. The highest BCUT2D eigenvalue weighted by Gasteiger charge is 2.23. The fourth-order valence-electron chi connectivity index (χ4n) is 4.21. The van der Waals surface area contributed by atoms with Gasteiger partial charge in [0.05, 0.1) is 16.7 Å². The molecular weight excluding hydrogens is 421 g/mol. The topological polar surface area (TPSA) is 85.1 Å². The van der Waals surface area contributed by atoms with E-state index in [4.69, 9.17) is 0 Å². The van der Waals surface area contributed by atoms with Gasteiger partial charge in [-0.1, -0.05) is 32.0 Å². The molecule has 170 valence electrons. The summed E-state index contributed by atoms with van der Waals surface area (Å²) in [5.74, 6) is -1.30. The molecule has 2 heterocycles. The van der Waals surface area contributed by atoms with Crippen molar-refractivity contribution in [2.24, 2.45) is 5.92 Å². The zero-order chi connectivity index (χ0) is 23.7. The number of benzene rings is 2. The maximum Gasteiger partial charge on any atom is 0.326 e. The second-order valence-corrected chi connectivity index (χ2v) is 8.83. The second kappa shape index (κ2) is 9.10. The maximum absolute atomic E-state index is 14.4. The molecule has 0 spiro atoms. The van der Waals surface area contributed by atoms with Gasteiger partial charge in [0, 0.05) is 23.0 Å². The van der Waals surface area contributed by atoms with E-state index in [0.29, 0.717) is 30.5 Å². The summed E-state index contributed by atoms with van der Waals surface area (Å²) in [5.41, 5.74) is 2.61. The molecule has 1 atom stereocenters. The van der Waals surface area contributed by atoms with E-state index < -0.39 is 17.6 Å². The monoisotopic (exact) mass is 447 g/mol. The maximum atomic E-state index is 14.4. The average Bonchev–Trinajstić information content (AvgIpc) is 2.76. The molecule has 33 heavy (non-hydrogen) atoms. The van der Waals surface area contributed by atoms with Crippen LogP contribution in [0, 0.1) is 18.7 Å². The highest BCUT2D eigenvalue weighted by atomic mass is 19.1. The number of aromatic nitrogens is 3. The Bertz CT molecular complexity index is 1410. The van der Waals surface area contributed by atoms with Crippen molar-refractivity contribution in [1.29, 1.82) is 0 Å². The lowest BCUT2D eigenvalue weighted by atomic mass is 10.0. The Hall–Kier alpha value is -3.61. The number of para-hydroxylation sites is 1. The van der Waals surface area contributed by atoms with Crippen LogP contribution in [0.4, 0.5) is 4.39 Å². The molecule has 7 heteroatoms. The zero-order valence-electron chi connectivity index (χ0n) is 18.9. The van der Waals surface area contributed by atoms with Gasteiger partial charge in [0.2, 0.25) is 0 Å². The van der Waals surface area contributed by atoms with E-state index in [1.807, 2.05) is 44.2 Å². The Balaban J connectivity index is 1.71. The number of halogens is 1. The molecule has 0 amide bonds. The highest BCUT2D eigenvalue weighted by Crippen LogP contribution is 2.25. The Labute approximate surface area is 190 Å². The van der Waals surface area contributed by atoms with Gasteiger partial charge >= 0.3 is 5.97 Å². The Morgan fingerprint density at radius 1 is 1.09 bits per heavy atom. The van der Waals surface area contributed by atoms with Crippen LogP contribution < -0.4 is 5.56 Å². The molecule has 2 aromatic heterocycles. The van der Waals surface area contributed by atoms with Crippen LogP contribution in [-0.2, 0) is 17.6 Å². The lowest BCUT2D eigenvalue weighted by Gasteiger charge is -2.19. The fraction of sp³-hybridized carbons (Fsp3) is 0.308. The fourth-order valence-corrected chi connectivity index (χ4v) is 4.21. The third kappa shape index (κ3) is 4.77. The third-order valence-electron chi connectivity index (χ3n) is 5.80. The first-order valence-electron chi connectivity index (χ1n) is 11.0. The minimum atomic E-state index is -1.04. The van der Waals surface area contributed by atoms with Gasteiger partial charge in [0.15, 0.2) is 0 Å². The molecule has 1 N–H and O–H groups in total. The minimum absolute atomic E-state index is 0.107. The van der Waals surface area contributed by atoms with Crippen LogP contribution in [0.2, 0.25) is 0 Å². The van der Waals surface area contributed by atoms with E-state index >= 15 is 0 Å². The van der Waals surface area contributed by atoms with E-state index in [9.17, 15) is 19.1 Å². The number of carboxylic acids is 1. The number of carboxylic acid groups (broad SMARTS) is 1. The average molecular weight is 448 g/mol. The van der Waals surface area contributed by atoms with Crippen LogP contribution in [-0.4, -0.2) is 25.6 Å². The number of aliphatic carboxylic acids is 1. The summed E-state index contributed by atoms with van der Waals surface area (Å²) < 4.78 is 15.6. The van der Waals surface area contributed by atoms with Crippen LogP contribution >= 0.6 is 0 Å². The largest absolute Gasteiger partial charge is 0.480 e. The Kier molecular flexibility index (Phi) is 6.22. The minimum Gasteiger partial charge on any atom is -0.480 e. The van der Waals surface area contributed by atoms with Gasteiger partial charge in [0.1, 0.15) is 17.6 Å². The number of aryl methyl sites for hydroxylation is 3. The van der Waals surface area contributed by atoms with Crippen LogP contribution in [0.25, 0.3) is 21.8 Å². The lowest BCUT2D eigenvalue weighted by molar-refractivity contribution is -0.141. The van der Waals surface area contributed by atoms with Crippen LogP contribution in [0.15, 0.2) is 53.5 Å². The van der Waals surface area contributed by atoms with Crippen LogP contribution in [0.1, 0.15) is 43.3 Å². The molecule has 0 aliphatic carbocycles. The van der Waals surface area contributed by atoms with E-state index in [2.05, 4.69) is 9.97 Å². The summed E-state index contributed by atoms with van der Waals surface area (Å²) in [7, 11) is 0. The second-order valence-electron chi connectivity index (χ2n) is 8.83. The highest BCUT2D eigenvalue weighted by molar-refractivity contribution is 5.94. The van der Waals surface area contributed by atoms with Gasteiger partial charge < -0.3 is 5.11 Å². The van der Waals surface area contributed by atoms with Crippen LogP contribution in [0.3, 0.4) is 0 Å². The normalized spacial score (nSPS) is 12.5. The summed E-state index contributed by atoms with van der Waals surface area (Å²) in [5, 5.41) is 11.5. The first kappa shape index (κ1) is 22.6. The van der Waals surface area contributed by atoms with Gasteiger partial charge in [0.25, 0.3) is 5.56 Å². The third-order valence-corrected chi connectivity index (χ3v) is 5.80. The smallest absolute Gasteiger partial charge is 0.326 e. The summed E-state index contributed by atoms with van der Waals surface area (Å²) in [4.78, 5) is 33.5. The Morgan fingerprint density at radius 3 is 2.58 bits per heavy atom. The quantitative estimate of drug-likeness (QED) is 0.410. The van der Waals surface area contributed by atoms with Crippen molar-refractivity contribution in [3.63, 3.8) is 0 Å². The number of hydrogen-bond acceptors (Lipinski definition) is 4. The number of carbonyl (C=O) groups is 1. The van der Waals surface area contributed by atoms with Crippen LogP contribution in [0.5, 0.6) is 0 Å². The number of rotatable bonds is 7. The lowest BCUT2D eigenvalue weighted by Crippen LogP contribution is -2.33. The van der Waals surface area contributed by atoms with Crippen molar-refractivity contribution in [2.75, 3.05) is 0 Å². The predicted molar refractivity (Wildman–Crippen MR) is 126 cm³/mol. The molecule has 4 rings (SSSR count). The van der Waals surface area contributed by atoms with Crippen molar-refractivity contribution in [2.45, 2.75) is 46.1 Å². The van der Waals surface area contributed by atoms with Crippen molar-refractivity contribution < 1.29 is 14.3 Å². The molecule has 0 fully saturated rings. The molecule has 6 nitrogen and oxygen atoms in total. The predicted octanol–water partition coefficient (Wildman–Crippen LogP) is 4.85. The van der Waals surface area contributed by atoms with Gasteiger partial charge in [-0.05, 0) is 55.9 Å². The van der Waals surface area contributed by atoms with Gasteiger partial charge in [-0.2, -0.15) is 0 Å². The molecule has 2 aromatic carbocycles. The van der Waals surface area contributed by atoms with Crippen molar-refractivity contribution >= 4 is 27.8 Å². The van der Waals surface area contributed by atoms with Gasteiger partial charge in [-0.3, -0.25) is 14.3 Å². The molecule has 0 aliphatic heterocycles. The standard InChI is InChI=1S/C26H26FN3O3/c1-15(2)10-24(26(32)33)30-14-20(28-16(3)25(30)31)9-8-17-11-19(27)13-23-21(17)12-18-6-4-5-7-22(18)29-23/h4-7,11-15,24H,8-10H2,1-3H3,(H,32,33). The molecule has 4 aromatic rings. The van der Waals surface area contributed by atoms with Crippen molar-refractivity contribution in [3.8, 4) is 0 Å². The number of nitrogens with zero attached hydrogens (tertiary/aromatic N) is 3. The van der Waals surface area contributed by atoms with E-state index in [-0.39, 0.29) is 17.4 Å². The molecule has 0 aliphatic rings. The van der Waals surface area contributed by atoms with E-state index in [1.54, 1.807) is 6.92 Å². The summed E-state index contributed by atoms with van der Waals surface area (Å²) in [6.07, 6.45) is 2.78. The first-order chi connectivity index (χ1) is 15.7. The molecule has 1 unspecified atom stereocenters. The zero-order valence-corrected chi connectivity index (χ0v) is 18.9. The SMILES string of the molecule is Cc1nc(CCc2cc(F)cc3nc4ccccc4cc23)cn(C(CC(C)C)C(=O)O)c1=O. The van der Waals surface area contributed by atoms with E-state index in [1.165, 1.54) is 22.9 Å². The van der Waals surface area contributed by atoms with Gasteiger partial charge in [-0.25, -0.2) is 14.2 Å². The molecule has 0 radical (unpaired) electrons. The Morgan fingerprint density at radius 2 is 1.85 bits per heavy atom. The molecule has 0 saturated carbocycles. The first-order valence-corrected chi connectivity index (χ1v) is 11.0. The number of pyridine rings is 1. The molecular formula is C26H26FN3O3. The van der Waals surface area contributed by atoms with Gasteiger partial charge in [-0.15, -0.1) is 0 Å². The number of fused-ring (bicyclic) bond motifs is 2. The van der Waals surface area contributed by atoms with Crippen molar-refractivity contribution in [3.05, 3.63) is 81.8 Å². The number of hydrogen-bond donors (Lipinski definition) is 1. The van der Waals surface area contributed by atoms with E-state index in [0.717, 1.165) is 21.9 Å². The summed E-state index contributed by atoms with van der Waals surface area (Å²) in [6, 6.07) is 11.7. The summed E-state index contributed by atoms with van der Waals surface area (Å²) >= 11 is 0.